The summed E-state index contributed by atoms with van der Waals surface area (Å²) in [6.45, 7) is 0. The molecule has 2 N–H and O–H groups in total. The van der Waals surface area contributed by atoms with Crippen LogP contribution in [0.4, 0.5) is 4.39 Å². The van der Waals surface area contributed by atoms with E-state index in [0.717, 1.165) is 6.07 Å². The van der Waals surface area contributed by atoms with Crippen LogP contribution >= 0.6 is 0 Å². The molecule has 1 aromatic carbocycles. The minimum absolute atomic E-state index is 0.177. The van der Waals surface area contributed by atoms with Crippen molar-refractivity contribution in [3.63, 3.8) is 0 Å². The van der Waals surface area contributed by atoms with E-state index < -0.39 is 11.7 Å². The highest BCUT2D eigenvalue weighted by atomic mass is 19.1. The molecule has 0 spiro atoms. The molecule has 0 bridgehead atoms. The van der Waals surface area contributed by atoms with E-state index in [0.29, 0.717) is 5.69 Å². The number of nitrogens with zero attached hydrogens (tertiary/aromatic N) is 3. The second-order valence-electron chi connectivity index (χ2n) is 3.35. The lowest BCUT2D eigenvalue weighted by atomic mass is 10.2. The second-order valence-corrected chi connectivity index (χ2v) is 3.35. The first-order chi connectivity index (χ1) is 8.10. The van der Waals surface area contributed by atoms with Gasteiger partial charge in [-0.05, 0) is 18.2 Å². The third-order valence-corrected chi connectivity index (χ3v) is 2.14. The SMILES string of the molecule is N#Cc1cc(F)cc(-n2cc(C(N)=O)cn2)c1. The lowest BCUT2D eigenvalue weighted by molar-refractivity contribution is 0.100. The van der Waals surface area contributed by atoms with E-state index in [-0.39, 0.29) is 11.1 Å². The molecule has 0 unspecified atom stereocenters. The Morgan fingerprint density at radius 2 is 2.24 bits per heavy atom. The monoisotopic (exact) mass is 230 g/mol. The van der Waals surface area contributed by atoms with Crippen LogP contribution in [0.15, 0.2) is 30.6 Å². The van der Waals surface area contributed by atoms with Crippen LogP contribution < -0.4 is 5.73 Å². The number of nitrogens with two attached hydrogens (primary N) is 1. The highest BCUT2D eigenvalue weighted by Gasteiger charge is 2.07. The van der Waals surface area contributed by atoms with E-state index in [1.165, 1.54) is 29.2 Å². The first-order valence-corrected chi connectivity index (χ1v) is 4.65. The standard InChI is InChI=1S/C11H7FN4O/c12-9-1-7(4-13)2-10(3-9)16-6-8(5-15-16)11(14)17/h1-3,5-6H,(H2,14,17). The van der Waals surface area contributed by atoms with Crippen molar-refractivity contribution in [2.24, 2.45) is 5.73 Å². The average molecular weight is 230 g/mol. The summed E-state index contributed by atoms with van der Waals surface area (Å²) in [5, 5.41) is 12.6. The first kappa shape index (κ1) is 10.8. The molecule has 5 nitrogen and oxygen atoms in total. The number of halogens is 1. The average Bonchev–Trinajstić information content (AvgIpc) is 2.77. The largest absolute Gasteiger partial charge is 0.366 e. The zero-order valence-corrected chi connectivity index (χ0v) is 8.59. The van der Waals surface area contributed by atoms with E-state index in [1.807, 2.05) is 6.07 Å². The summed E-state index contributed by atoms with van der Waals surface area (Å²) in [7, 11) is 0. The number of rotatable bonds is 2. The van der Waals surface area contributed by atoms with Crippen LogP contribution in [0.1, 0.15) is 15.9 Å². The quantitative estimate of drug-likeness (QED) is 0.834. The maximum atomic E-state index is 13.2. The van der Waals surface area contributed by atoms with Gasteiger partial charge in [0, 0.05) is 6.20 Å². The number of amides is 1. The number of hydrogen-bond acceptors (Lipinski definition) is 3. The molecule has 0 atom stereocenters. The van der Waals surface area contributed by atoms with E-state index >= 15 is 0 Å². The Labute approximate surface area is 95.9 Å². The zero-order chi connectivity index (χ0) is 12.4. The Balaban J connectivity index is 2.49. The van der Waals surface area contributed by atoms with Gasteiger partial charge in [-0.3, -0.25) is 4.79 Å². The van der Waals surface area contributed by atoms with Gasteiger partial charge in [0.1, 0.15) is 5.82 Å². The van der Waals surface area contributed by atoms with Gasteiger partial charge in [0.25, 0.3) is 5.91 Å². The van der Waals surface area contributed by atoms with Gasteiger partial charge < -0.3 is 5.73 Å². The molecule has 1 amide bonds. The summed E-state index contributed by atoms with van der Waals surface area (Å²) in [6, 6.07) is 5.61. The van der Waals surface area contributed by atoms with Crippen LogP contribution in [0, 0.1) is 17.1 Å². The fourth-order valence-corrected chi connectivity index (χ4v) is 1.36. The van der Waals surface area contributed by atoms with Gasteiger partial charge in [-0.15, -0.1) is 0 Å². The summed E-state index contributed by atoms with van der Waals surface area (Å²) >= 11 is 0. The van der Waals surface area contributed by atoms with Crippen LogP contribution in [0.2, 0.25) is 0 Å². The molecule has 0 saturated heterocycles. The Kier molecular flexibility index (Phi) is 2.58. The van der Waals surface area contributed by atoms with Gasteiger partial charge >= 0.3 is 0 Å². The summed E-state index contributed by atoms with van der Waals surface area (Å²) in [5.74, 6) is -1.16. The van der Waals surface area contributed by atoms with Crippen molar-refractivity contribution < 1.29 is 9.18 Å². The van der Waals surface area contributed by atoms with Crippen LogP contribution in [0.3, 0.4) is 0 Å². The van der Waals surface area contributed by atoms with E-state index in [2.05, 4.69) is 5.10 Å². The van der Waals surface area contributed by atoms with Crippen molar-refractivity contribution in [2.75, 3.05) is 0 Å². The Hall–Kier alpha value is -2.68. The topological polar surface area (TPSA) is 84.7 Å². The number of primary amides is 1. The third kappa shape index (κ3) is 2.13. The van der Waals surface area contributed by atoms with Gasteiger partial charge in [0.15, 0.2) is 0 Å². The fourth-order valence-electron chi connectivity index (χ4n) is 1.36. The van der Waals surface area contributed by atoms with Gasteiger partial charge in [-0.1, -0.05) is 0 Å². The summed E-state index contributed by atoms with van der Waals surface area (Å²) in [6.07, 6.45) is 2.65. The minimum Gasteiger partial charge on any atom is -0.366 e. The van der Waals surface area contributed by atoms with Gasteiger partial charge in [-0.25, -0.2) is 9.07 Å². The molecule has 2 aromatic rings. The van der Waals surface area contributed by atoms with Gasteiger partial charge in [0.05, 0.1) is 29.1 Å². The number of benzene rings is 1. The molecule has 0 aliphatic carbocycles. The maximum absolute atomic E-state index is 13.2. The molecule has 84 valence electrons. The molecule has 0 radical (unpaired) electrons. The molecule has 1 aromatic heterocycles. The highest BCUT2D eigenvalue weighted by Crippen LogP contribution is 2.13. The number of carbonyl (C=O) groups is 1. The van der Waals surface area contributed by atoms with Crippen LogP contribution in [-0.2, 0) is 0 Å². The summed E-state index contributed by atoms with van der Waals surface area (Å²) < 4.78 is 14.5. The third-order valence-electron chi connectivity index (χ3n) is 2.14. The van der Waals surface area contributed by atoms with Crippen molar-refractivity contribution >= 4 is 5.91 Å². The van der Waals surface area contributed by atoms with Gasteiger partial charge in [0.2, 0.25) is 0 Å². The fraction of sp³-hybridized carbons (Fsp3) is 0. The number of hydrogen-bond donors (Lipinski definition) is 1. The molecule has 2 rings (SSSR count). The number of nitriles is 1. The number of carbonyl (C=O) groups excluding carboxylic acids is 1. The smallest absolute Gasteiger partial charge is 0.251 e. The first-order valence-electron chi connectivity index (χ1n) is 4.65. The maximum Gasteiger partial charge on any atom is 0.251 e. The predicted octanol–water partition coefficient (Wildman–Crippen LogP) is 0.982. The van der Waals surface area contributed by atoms with E-state index in [4.69, 9.17) is 11.0 Å². The number of aromatic nitrogens is 2. The minimum atomic E-state index is -0.617. The molecule has 0 aliphatic rings. The molecule has 1 heterocycles. The van der Waals surface area contributed by atoms with Crippen LogP contribution in [-0.4, -0.2) is 15.7 Å². The van der Waals surface area contributed by atoms with Crippen molar-refractivity contribution in [3.8, 4) is 11.8 Å². The predicted molar refractivity (Wildman–Crippen MR) is 56.8 cm³/mol. The molecule has 0 fully saturated rings. The Morgan fingerprint density at radius 3 is 2.82 bits per heavy atom. The second kappa shape index (κ2) is 4.06. The van der Waals surface area contributed by atoms with Crippen molar-refractivity contribution in [2.45, 2.75) is 0 Å². The lowest BCUT2D eigenvalue weighted by Gasteiger charge is -2.01. The molecule has 6 heteroatoms. The zero-order valence-electron chi connectivity index (χ0n) is 8.59. The highest BCUT2D eigenvalue weighted by molar-refractivity contribution is 5.92. The van der Waals surface area contributed by atoms with Crippen molar-refractivity contribution in [1.82, 2.24) is 9.78 Å². The van der Waals surface area contributed by atoms with Crippen LogP contribution in [0.5, 0.6) is 0 Å². The molecule has 0 aliphatic heterocycles. The van der Waals surface area contributed by atoms with Crippen molar-refractivity contribution in [3.05, 3.63) is 47.5 Å². The Bertz CT molecular complexity index is 627. The lowest BCUT2D eigenvalue weighted by Crippen LogP contribution is -2.09. The van der Waals surface area contributed by atoms with E-state index in [1.54, 1.807) is 0 Å². The van der Waals surface area contributed by atoms with Gasteiger partial charge in [-0.2, -0.15) is 10.4 Å². The van der Waals surface area contributed by atoms with Crippen LogP contribution in [0.25, 0.3) is 5.69 Å². The molecule has 0 saturated carbocycles. The molecular weight excluding hydrogens is 223 g/mol. The Morgan fingerprint density at radius 1 is 1.47 bits per heavy atom. The summed E-state index contributed by atoms with van der Waals surface area (Å²) in [4.78, 5) is 10.9. The normalized spacial score (nSPS) is 9.88. The van der Waals surface area contributed by atoms with Crippen molar-refractivity contribution in [1.29, 1.82) is 5.26 Å². The van der Waals surface area contributed by atoms with E-state index in [9.17, 15) is 9.18 Å². The summed E-state index contributed by atoms with van der Waals surface area (Å²) in [5.41, 5.74) is 5.82. The molecular formula is C11H7FN4O. The molecule has 17 heavy (non-hydrogen) atoms.